The summed E-state index contributed by atoms with van der Waals surface area (Å²) in [4.78, 5) is 12.6. The van der Waals surface area contributed by atoms with Crippen LogP contribution in [-0.4, -0.2) is 41.9 Å². The number of benzene rings is 1. The Morgan fingerprint density at radius 1 is 1.38 bits per heavy atom. The van der Waals surface area contributed by atoms with Crippen LogP contribution in [0.2, 0.25) is 0 Å². The van der Waals surface area contributed by atoms with E-state index >= 15 is 0 Å². The van der Waals surface area contributed by atoms with Crippen molar-refractivity contribution in [2.45, 2.75) is 25.2 Å². The molecule has 21 heavy (non-hydrogen) atoms. The average molecular weight is 296 g/mol. The number of rotatable bonds is 3. The van der Waals surface area contributed by atoms with Gasteiger partial charge >= 0.3 is 0 Å². The van der Waals surface area contributed by atoms with E-state index in [1.807, 2.05) is 4.90 Å². The van der Waals surface area contributed by atoms with Gasteiger partial charge in [0.1, 0.15) is 5.82 Å². The lowest BCUT2D eigenvalue weighted by atomic mass is 10.0. The SMILES string of the molecule is O=[N+]([O-])c1ccc(F)cc1CN1CCCC2(C1)OCCO2. The summed E-state index contributed by atoms with van der Waals surface area (Å²) in [5.74, 6) is -1.05. The quantitative estimate of drug-likeness (QED) is 0.631. The van der Waals surface area contributed by atoms with Gasteiger partial charge in [0, 0.05) is 24.6 Å². The number of hydrogen-bond acceptors (Lipinski definition) is 5. The lowest BCUT2D eigenvalue weighted by Crippen LogP contribution is -2.48. The minimum absolute atomic E-state index is 0.0516. The zero-order valence-corrected chi connectivity index (χ0v) is 11.6. The van der Waals surface area contributed by atoms with Gasteiger partial charge in [0.2, 0.25) is 0 Å². The summed E-state index contributed by atoms with van der Waals surface area (Å²) < 4.78 is 24.7. The third-order valence-corrected chi connectivity index (χ3v) is 3.94. The lowest BCUT2D eigenvalue weighted by Gasteiger charge is -2.38. The molecular formula is C14H17FN2O4. The molecule has 3 rings (SSSR count). The maximum Gasteiger partial charge on any atom is 0.274 e. The van der Waals surface area contributed by atoms with E-state index < -0.39 is 16.5 Å². The van der Waals surface area contributed by atoms with Crippen molar-refractivity contribution in [2.75, 3.05) is 26.3 Å². The first kappa shape index (κ1) is 14.4. The zero-order chi connectivity index (χ0) is 14.9. The Morgan fingerprint density at radius 2 is 2.14 bits per heavy atom. The average Bonchev–Trinajstić information content (AvgIpc) is 2.86. The fourth-order valence-corrected chi connectivity index (χ4v) is 3.04. The van der Waals surface area contributed by atoms with Crippen LogP contribution in [0.15, 0.2) is 18.2 Å². The van der Waals surface area contributed by atoms with Crippen LogP contribution in [-0.2, 0) is 16.0 Å². The Morgan fingerprint density at radius 3 is 2.86 bits per heavy atom. The Balaban J connectivity index is 1.77. The van der Waals surface area contributed by atoms with Gasteiger partial charge in [0.05, 0.1) is 24.7 Å². The molecule has 0 amide bonds. The largest absolute Gasteiger partial charge is 0.346 e. The molecule has 0 radical (unpaired) electrons. The molecule has 7 heteroatoms. The van der Waals surface area contributed by atoms with E-state index in [0.717, 1.165) is 25.5 Å². The molecule has 2 saturated heterocycles. The second-order valence-corrected chi connectivity index (χ2v) is 5.45. The summed E-state index contributed by atoms with van der Waals surface area (Å²) in [7, 11) is 0. The van der Waals surface area contributed by atoms with Gasteiger partial charge in [0.15, 0.2) is 5.79 Å². The van der Waals surface area contributed by atoms with Gasteiger partial charge in [-0.1, -0.05) is 0 Å². The van der Waals surface area contributed by atoms with E-state index in [1.165, 1.54) is 12.1 Å². The van der Waals surface area contributed by atoms with E-state index in [1.54, 1.807) is 0 Å². The maximum atomic E-state index is 13.4. The number of nitro benzene ring substituents is 1. The molecule has 0 saturated carbocycles. The van der Waals surface area contributed by atoms with Gasteiger partial charge in [-0.05, 0) is 25.1 Å². The molecule has 0 aliphatic carbocycles. The lowest BCUT2D eigenvalue weighted by molar-refractivity contribution is -0.385. The van der Waals surface area contributed by atoms with Crippen molar-refractivity contribution < 1.29 is 18.8 Å². The fraction of sp³-hybridized carbons (Fsp3) is 0.571. The topological polar surface area (TPSA) is 64.8 Å². The molecule has 2 aliphatic rings. The molecule has 1 spiro atoms. The Kier molecular flexibility index (Phi) is 3.88. The van der Waals surface area contributed by atoms with Crippen LogP contribution in [0, 0.1) is 15.9 Å². The van der Waals surface area contributed by atoms with Crippen molar-refractivity contribution in [3.8, 4) is 0 Å². The summed E-state index contributed by atoms with van der Waals surface area (Å²) in [6.07, 6.45) is 1.72. The molecule has 0 bridgehead atoms. The van der Waals surface area contributed by atoms with Crippen molar-refractivity contribution in [3.63, 3.8) is 0 Å². The van der Waals surface area contributed by atoms with Gasteiger partial charge in [-0.3, -0.25) is 15.0 Å². The number of piperidine rings is 1. The number of hydrogen-bond donors (Lipinski definition) is 0. The molecule has 1 aromatic carbocycles. The Hall–Kier alpha value is -1.57. The highest BCUT2D eigenvalue weighted by atomic mass is 19.1. The summed E-state index contributed by atoms with van der Waals surface area (Å²) in [5.41, 5.74) is 0.333. The van der Waals surface area contributed by atoms with E-state index in [4.69, 9.17) is 9.47 Å². The highest BCUT2D eigenvalue weighted by Gasteiger charge is 2.40. The van der Waals surface area contributed by atoms with Crippen molar-refractivity contribution in [1.29, 1.82) is 0 Å². The summed E-state index contributed by atoms with van der Waals surface area (Å²) >= 11 is 0. The molecule has 2 aliphatic heterocycles. The smallest absolute Gasteiger partial charge is 0.274 e. The van der Waals surface area contributed by atoms with Crippen molar-refractivity contribution in [2.24, 2.45) is 0 Å². The van der Waals surface area contributed by atoms with Gasteiger partial charge in [-0.2, -0.15) is 0 Å². The molecule has 0 N–H and O–H groups in total. The standard InChI is InChI=1S/C14H17FN2O4/c15-12-2-3-13(17(18)19)11(8-12)9-16-5-1-4-14(10-16)20-6-7-21-14/h2-3,8H,1,4-7,9-10H2. The van der Waals surface area contributed by atoms with E-state index in [9.17, 15) is 14.5 Å². The maximum absolute atomic E-state index is 13.4. The number of ether oxygens (including phenoxy) is 2. The van der Waals surface area contributed by atoms with Crippen LogP contribution >= 0.6 is 0 Å². The van der Waals surface area contributed by atoms with E-state index in [0.29, 0.717) is 31.9 Å². The summed E-state index contributed by atoms with van der Waals surface area (Å²) in [5, 5.41) is 11.0. The first-order valence-electron chi connectivity index (χ1n) is 7.01. The highest BCUT2D eigenvalue weighted by molar-refractivity contribution is 5.40. The van der Waals surface area contributed by atoms with Crippen LogP contribution in [0.1, 0.15) is 18.4 Å². The Labute approximate surface area is 121 Å². The zero-order valence-electron chi connectivity index (χ0n) is 11.6. The summed E-state index contributed by atoms with van der Waals surface area (Å²) in [6.45, 7) is 2.83. The fourth-order valence-electron chi connectivity index (χ4n) is 3.04. The predicted molar refractivity (Wildman–Crippen MR) is 72.2 cm³/mol. The molecule has 114 valence electrons. The van der Waals surface area contributed by atoms with Crippen LogP contribution in [0.25, 0.3) is 0 Å². The van der Waals surface area contributed by atoms with Gasteiger partial charge in [0.25, 0.3) is 5.69 Å². The van der Waals surface area contributed by atoms with Crippen LogP contribution in [0.4, 0.5) is 10.1 Å². The van der Waals surface area contributed by atoms with Crippen molar-refractivity contribution in [1.82, 2.24) is 4.90 Å². The second kappa shape index (κ2) is 5.67. The van der Waals surface area contributed by atoms with E-state index in [-0.39, 0.29) is 5.69 Å². The second-order valence-electron chi connectivity index (χ2n) is 5.45. The molecule has 1 aromatic rings. The number of likely N-dealkylation sites (tertiary alicyclic amines) is 1. The van der Waals surface area contributed by atoms with Gasteiger partial charge in [-0.25, -0.2) is 4.39 Å². The van der Waals surface area contributed by atoms with Crippen molar-refractivity contribution >= 4 is 5.69 Å². The molecule has 2 heterocycles. The minimum Gasteiger partial charge on any atom is -0.346 e. The first-order valence-corrected chi connectivity index (χ1v) is 7.01. The highest BCUT2D eigenvalue weighted by Crippen LogP contribution is 2.31. The molecule has 2 fully saturated rings. The monoisotopic (exact) mass is 296 g/mol. The molecular weight excluding hydrogens is 279 g/mol. The third kappa shape index (κ3) is 3.04. The molecule has 6 nitrogen and oxygen atoms in total. The Bertz CT molecular complexity index is 546. The van der Waals surface area contributed by atoms with Gasteiger partial charge < -0.3 is 9.47 Å². The van der Waals surface area contributed by atoms with Crippen LogP contribution in [0.3, 0.4) is 0 Å². The van der Waals surface area contributed by atoms with Gasteiger partial charge in [-0.15, -0.1) is 0 Å². The third-order valence-electron chi connectivity index (χ3n) is 3.94. The number of nitro groups is 1. The summed E-state index contributed by atoms with van der Waals surface area (Å²) in [6, 6.07) is 3.56. The molecule has 0 unspecified atom stereocenters. The van der Waals surface area contributed by atoms with E-state index in [2.05, 4.69) is 0 Å². The number of halogens is 1. The van der Waals surface area contributed by atoms with Crippen LogP contribution < -0.4 is 0 Å². The van der Waals surface area contributed by atoms with Crippen LogP contribution in [0.5, 0.6) is 0 Å². The molecule has 0 aromatic heterocycles. The molecule has 0 atom stereocenters. The minimum atomic E-state index is -0.583. The first-order chi connectivity index (χ1) is 10.1. The predicted octanol–water partition coefficient (Wildman–Crippen LogP) is 2.07. The normalized spacial score (nSPS) is 21.8. The number of nitrogens with zero attached hydrogens (tertiary/aromatic N) is 2. The van der Waals surface area contributed by atoms with Crippen molar-refractivity contribution in [3.05, 3.63) is 39.7 Å².